The van der Waals surface area contributed by atoms with Gasteiger partial charge in [0.15, 0.2) is 0 Å². The summed E-state index contributed by atoms with van der Waals surface area (Å²) in [6, 6.07) is 5.71. The number of nitro groups is 1. The standard InChI is InChI=1S/C17H22N4O2S/c1-12-14(7-13(9-18)8-15(12)21(22)23)20-10-16(17(11-20)24-2)19-5-3-4-6-19/h7-8,16-17H,3-6,10-11H2,1-2H3/t16-,17+/m0/s1. The van der Waals surface area contributed by atoms with Gasteiger partial charge in [-0.3, -0.25) is 15.0 Å². The molecule has 0 unspecified atom stereocenters. The van der Waals surface area contributed by atoms with Crippen LogP contribution < -0.4 is 4.90 Å². The highest BCUT2D eigenvalue weighted by Crippen LogP contribution is 2.36. The molecule has 0 amide bonds. The molecule has 2 aliphatic heterocycles. The third kappa shape index (κ3) is 3.08. The van der Waals surface area contributed by atoms with E-state index in [-0.39, 0.29) is 10.6 Å². The van der Waals surface area contributed by atoms with Gasteiger partial charge in [0.2, 0.25) is 0 Å². The summed E-state index contributed by atoms with van der Waals surface area (Å²) in [4.78, 5) is 15.7. The predicted molar refractivity (Wildman–Crippen MR) is 96.7 cm³/mol. The first-order chi connectivity index (χ1) is 11.5. The van der Waals surface area contributed by atoms with E-state index in [0.717, 1.165) is 31.9 Å². The van der Waals surface area contributed by atoms with E-state index >= 15 is 0 Å². The van der Waals surface area contributed by atoms with Crippen molar-refractivity contribution in [3.63, 3.8) is 0 Å². The zero-order chi connectivity index (χ0) is 17.3. The Morgan fingerprint density at radius 2 is 2.04 bits per heavy atom. The Hall–Kier alpha value is -1.78. The maximum atomic E-state index is 11.3. The van der Waals surface area contributed by atoms with Gasteiger partial charge in [0, 0.05) is 36.1 Å². The molecule has 128 valence electrons. The fourth-order valence-electron chi connectivity index (χ4n) is 3.88. The lowest BCUT2D eigenvalue weighted by Gasteiger charge is -2.27. The van der Waals surface area contributed by atoms with E-state index in [1.807, 2.05) is 11.8 Å². The molecule has 1 aromatic carbocycles. The van der Waals surface area contributed by atoms with E-state index in [0.29, 0.717) is 22.4 Å². The molecular weight excluding hydrogens is 324 g/mol. The summed E-state index contributed by atoms with van der Waals surface area (Å²) < 4.78 is 0. The van der Waals surface area contributed by atoms with Crippen LogP contribution in [0, 0.1) is 28.4 Å². The van der Waals surface area contributed by atoms with Crippen molar-refractivity contribution in [2.75, 3.05) is 37.3 Å². The van der Waals surface area contributed by atoms with Gasteiger partial charge in [-0.15, -0.1) is 0 Å². The van der Waals surface area contributed by atoms with Crippen LogP contribution in [0.2, 0.25) is 0 Å². The Labute approximate surface area is 146 Å². The van der Waals surface area contributed by atoms with E-state index in [2.05, 4.69) is 22.1 Å². The van der Waals surface area contributed by atoms with Crippen LogP contribution in [0.4, 0.5) is 11.4 Å². The number of nitro benzene ring substituents is 1. The van der Waals surface area contributed by atoms with E-state index in [9.17, 15) is 15.4 Å². The average Bonchev–Trinajstić information content (AvgIpc) is 3.23. The van der Waals surface area contributed by atoms with Crippen LogP contribution in [-0.2, 0) is 0 Å². The molecule has 1 aromatic rings. The number of benzene rings is 1. The Kier molecular flexibility index (Phi) is 4.97. The van der Waals surface area contributed by atoms with Crippen molar-refractivity contribution in [3.8, 4) is 6.07 Å². The first-order valence-electron chi connectivity index (χ1n) is 8.26. The van der Waals surface area contributed by atoms with Gasteiger partial charge in [-0.2, -0.15) is 17.0 Å². The van der Waals surface area contributed by atoms with Gasteiger partial charge in [-0.25, -0.2) is 0 Å². The highest BCUT2D eigenvalue weighted by Gasteiger charge is 2.38. The molecule has 2 saturated heterocycles. The third-order valence-corrected chi connectivity index (χ3v) is 6.24. The molecule has 2 atom stereocenters. The van der Waals surface area contributed by atoms with Crippen LogP contribution in [0.25, 0.3) is 0 Å². The lowest BCUT2D eigenvalue weighted by Crippen LogP contribution is -2.40. The van der Waals surface area contributed by atoms with Gasteiger partial charge >= 0.3 is 0 Å². The Bertz CT molecular complexity index is 682. The van der Waals surface area contributed by atoms with E-state index < -0.39 is 0 Å². The van der Waals surface area contributed by atoms with Gasteiger partial charge in [0.25, 0.3) is 5.69 Å². The smallest absolute Gasteiger partial charge is 0.275 e. The van der Waals surface area contributed by atoms with Crippen LogP contribution in [0.15, 0.2) is 12.1 Å². The number of likely N-dealkylation sites (tertiary alicyclic amines) is 1. The maximum absolute atomic E-state index is 11.3. The maximum Gasteiger partial charge on any atom is 0.275 e. The third-order valence-electron chi connectivity index (χ3n) is 5.17. The lowest BCUT2D eigenvalue weighted by atomic mass is 10.1. The zero-order valence-electron chi connectivity index (χ0n) is 14.1. The predicted octanol–water partition coefficient (Wildman–Crippen LogP) is 2.79. The number of nitriles is 1. The van der Waals surface area contributed by atoms with Crippen LogP contribution in [-0.4, -0.2) is 53.5 Å². The first-order valence-corrected chi connectivity index (χ1v) is 9.55. The molecule has 0 bridgehead atoms. The molecule has 2 aliphatic rings. The molecule has 2 fully saturated rings. The minimum atomic E-state index is -0.389. The number of rotatable bonds is 4. The number of nitrogens with zero attached hydrogens (tertiary/aromatic N) is 4. The van der Waals surface area contributed by atoms with E-state index in [1.54, 1.807) is 13.0 Å². The SMILES string of the molecule is CS[C@@H]1CN(c2cc(C#N)cc([N+](=O)[O-])c2C)C[C@@H]1N1CCCC1. The number of thioether (sulfide) groups is 1. The van der Waals surface area contributed by atoms with Crippen LogP contribution >= 0.6 is 11.8 Å². The van der Waals surface area contributed by atoms with Crippen molar-refractivity contribution < 1.29 is 4.92 Å². The van der Waals surface area contributed by atoms with E-state index in [4.69, 9.17) is 0 Å². The van der Waals surface area contributed by atoms with Crippen molar-refractivity contribution >= 4 is 23.1 Å². The first kappa shape index (κ1) is 17.1. The van der Waals surface area contributed by atoms with Gasteiger partial charge in [0.1, 0.15) is 0 Å². The summed E-state index contributed by atoms with van der Waals surface area (Å²) in [5.74, 6) is 0. The van der Waals surface area contributed by atoms with Gasteiger partial charge in [0.05, 0.1) is 22.1 Å². The van der Waals surface area contributed by atoms with Crippen LogP contribution in [0.3, 0.4) is 0 Å². The van der Waals surface area contributed by atoms with Gasteiger partial charge < -0.3 is 4.90 Å². The second-order valence-corrected chi connectivity index (χ2v) is 7.57. The fourth-order valence-corrected chi connectivity index (χ4v) is 4.78. The highest BCUT2D eigenvalue weighted by atomic mass is 32.2. The highest BCUT2D eigenvalue weighted by molar-refractivity contribution is 7.99. The van der Waals surface area contributed by atoms with Crippen molar-refractivity contribution in [1.29, 1.82) is 5.26 Å². The zero-order valence-corrected chi connectivity index (χ0v) is 14.9. The molecule has 6 nitrogen and oxygen atoms in total. The number of hydrogen-bond donors (Lipinski definition) is 0. The monoisotopic (exact) mass is 346 g/mol. The molecule has 0 radical (unpaired) electrons. The van der Waals surface area contributed by atoms with Crippen LogP contribution in [0.5, 0.6) is 0 Å². The summed E-state index contributed by atoms with van der Waals surface area (Å²) in [6.45, 7) is 5.82. The summed E-state index contributed by atoms with van der Waals surface area (Å²) >= 11 is 1.87. The molecule has 0 spiro atoms. The van der Waals surface area contributed by atoms with Crippen molar-refractivity contribution in [2.24, 2.45) is 0 Å². The molecule has 0 saturated carbocycles. The van der Waals surface area contributed by atoms with E-state index in [1.165, 1.54) is 18.9 Å². The average molecular weight is 346 g/mol. The van der Waals surface area contributed by atoms with Crippen molar-refractivity contribution in [1.82, 2.24) is 4.90 Å². The summed E-state index contributed by atoms with van der Waals surface area (Å²) in [5, 5.41) is 21.0. The Balaban J connectivity index is 1.93. The molecule has 2 heterocycles. The molecule has 0 aromatic heterocycles. The van der Waals surface area contributed by atoms with Crippen molar-refractivity contribution in [2.45, 2.75) is 31.1 Å². The second kappa shape index (κ2) is 6.99. The Morgan fingerprint density at radius 3 is 2.62 bits per heavy atom. The molecule has 0 N–H and O–H groups in total. The summed E-state index contributed by atoms with van der Waals surface area (Å²) in [6.07, 6.45) is 4.65. The van der Waals surface area contributed by atoms with Gasteiger partial charge in [-0.05, 0) is 45.2 Å². The molecule has 0 aliphatic carbocycles. The molecule has 3 rings (SSSR count). The lowest BCUT2D eigenvalue weighted by molar-refractivity contribution is -0.385. The largest absolute Gasteiger partial charge is 0.368 e. The van der Waals surface area contributed by atoms with Crippen molar-refractivity contribution in [3.05, 3.63) is 33.4 Å². The molecular formula is C17H22N4O2S. The quantitative estimate of drug-likeness (QED) is 0.616. The number of anilines is 1. The minimum Gasteiger partial charge on any atom is -0.368 e. The topological polar surface area (TPSA) is 73.4 Å². The Morgan fingerprint density at radius 1 is 1.33 bits per heavy atom. The van der Waals surface area contributed by atoms with Crippen LogP contribution in [0.1, 0.15) is 24.0 Å². The molecule has 24 heavy (non-hydrogen) atoms. The number of hydrogen-bond acceptors (Lipinski definition) is 6. The normalized spacial score (nSPS) is 24.3. The molecule has 7 heteroatoms. The fraction of sp³-hybridized carbons (Fsp3) is 0.588. The second-order valence-electron chi connectivity index (χ2n) is 6.50. The summed E-state index contributed by atoms with van der Waals surface area (Å²) in [5.41, 5.74) is 1.88. The summed E-state index contributed by atoms with van der Waals surface area (Å²) in [7, 11) is 0. The van der Waals surface area contributed by atoms with Gasteiger partial charge in [-0.1, -0.05) is 0 Å². The minimum absolute atomic E-state index is 0.0365.